The first-order valence-electron chi connectivity index (χ1n) is 9.46. The molecule has 1 aliphatic rings. The fourth-order valence-electron chi connectivity index (χ4n) is 3.38. The molecule has 0 amide bonds. The number of ether oxygens (including phenoxy) is 1. The molecule has 25 heavy (non-hydrogen) atoms. The van der Waals surface area contributed by atoms with Gasteiger partial charge in [-0.1, -0.05) is 19.1 Å². The minimum Gasteiger partial charge on any atom is -0.496 e. The van der Waals surface area contributed by atoms with Crippen LogP contribution in [0.1, 0.15) is 37.3 Å². The van der Waals surface area contributed by atoms with Gasteiger partial charge in [-0.05, 0) is 63.4 Å². The number of aryl methyl sites for hydroxylation is 1. The fourth-order valence-corrected chi connectivity index (χ4v) is 3.38. The van der Waals surface area contributed by atoms with Gasteiger partial charge in [-0.2, -0.15) is 0 Å². The lowest BCUT2D eigenvalue weighted by Crippen LogP contribution is -2.39. The van der Waals surface area contributed by atoms with Crippen molar-refractivity contribution in [3.05, 3.63) is 29.3 Å². The number of aliphatic imine (C=N–C) groups is 1. The largest absolute Gasteiger partial charge is 0.496 e. The molecule has 0 radical (unpaired) electrons. The highest BCUT2D eigenvalue weighted by atomic mass is 16.5. The molecule has 5 nitrogen and oxygen atoms in total. The molecule has 1 aromatic rings. The second kappa shape index (κ2) is 10.3. The van der Waals surface area contributed by atoms with Gasteiger partial charge in [0.2, 0.25) is 0 Å². The van der Waals surface area contributed by atoms with E-state index in [0.29, 0.717) is 6.54 Å². The molecule has 0 bridgehead atoms. The molecule has 1 fully saturated rings. The Kier molecular flexibility index (Phi) is 8.06. The average molecular weight is 347 g/mol. The van der Waals surface area contributed by atoms with Crippen LogP contribution in [0.3, 0.4) is 0 Å². The Morgan fingerprint density at radius 3 is 2.68 bits per heavy atom. The Hall–Kier alpha value is -1.75. The van der Waals surface area contributed by atoms with Gasteiger partial charge in [0.1, 0.15) is 5.75 Å². The molecule has 5 heteroatoms. The van der Waals surface area contributed by atoms with Crippen molar-refractivity contribution in [3.63, 3.8) is 0 Å². The summed E-state index contributed by atoms with van der Waals surface area (Å²) in [5.41, 5.74) is 2.35. The fraction of sp³-hybridized carbons (Fsp3) is 0.650. The number of hydrogen-bond donors (Lipinski definition) is 2. The molecular weight excluding hydrogens is 312 g/mol. The third-order valence-electron chi connectivity index (χ3n) is 5.11. The van der Waals surface area contributed by atoms with E-state index >= 15 is 0 Å². The van der Waals surface area contributed by atoms with E-state index in [-0.39, 0.29) is 0 Å². The molecule has 140 valence electrons. The maximum Gasteiger partial charge on any atom is 0.191 e. The van der Waals surface area contributed by atoms with E-state index in [1.54, 1.807) is 7.11 Å². The number of methoxy groups -OCH3 is 1. The normalized spacial score (nSPS) is 16.7. The first-order valence-corrected chi connectivity index (χ1v) is 9.46. The molecule has 0 saturated carbocycles. The van der Waals surface area contributed by atoms with Crippen molar-refractivity contribution in [2.24, 2.45) is 10.9 Å². The number of benzene rings is 1. The lowest BCUT2D eigenvalue weighted by Gasteiger charge is -2.31. The Bertz CT molecular complexity index is 551. The van der Waals surface area contributed by atoms with Crippen molar-refractivity contribution in [3.8, 4) is 5.75 Å². The Morgan fingerprint density at radius 2 is 2.04 bits per heavy atom. The van der Waals surface area contributed by atoms with Gasteiger partial charge < -0.3 is 20.3 Å². The van der Waals surface area contributed by atoms with Crippen LogP contribution >= 0.6 is 0 Å². The van der Waals surface area contributed by atoms with Gasteiger partial charge in [0.25, 0.3) is 0 Å². The molecule has 0 atom stereocenters. The summed E-state index contributed by atoms with van der Waals surface area (Å²) in [5, 5.41) is 6.83. The third-order valence-corrected chi connectivity index (χ3v) is 5.11. The van der Waals surface area contributed by atoms with E-state index in [9.17, 15) is 0 Å². The summed E-state index contributed by atoms with van der Waals surface area (Å²) < 4.78 is 5.47. The topological polar surface area (TPSA) is 48.9 Å². The highest BCUT2D eigenvalue weighted by molar-refractivity contribution is 5.79. The van der Waals surface area contributed by atoms with Crippen LogP contribution < -0.4 is 15.4 Å². The molecule has 1 aromatic carbocycles. The molecule has 0 aliphatic carbocycles. The van der Waals surface area contributed by atoms with Crippen LogP contribution in [-0.2, 0) is 6.54 Å². The number of guanidine groups is 1. The lowest BCUT2D eigenvalue weighted by atomic mass is 9.93. The molecular formula is C20H34N4O. The van der Waals surface area contributed by atoms with E-state index in [0.717, 1.165) is 29.7 Å². The first-order chi connectivity index (χ1) is 12.2. The predicted octanol–water partition coefficient (Wildman–Crippen LogP) is 2.79. The summed E-state index contributed by atoms with van der Waals surface area (Å²) in [4.78, 5) is 6.87. The molecule has 1 aliphatic heterocycles. The zero-order valence-corrected chi connectivity index (χ0v) is 16.3. The van der Waals surface area contributed by atoms with Crippen molar-refractivity contribution in [1.29, 1.82) is 0 Å². The van der Waals surface area contributed by atoms with Crippen molar-refractivity contribution in [1.82, 2.24) is 15.5 Å². The third kappa shape index (κ3) is 6.24. The molecule has 2 rings (SSSR count). The summed E-state index contributed by atoms with van der Waals surface area (Å²) in [5.74, 6) is 2.62. The molecule has 0 aromatic heterocycles. The molecule has 0 spiro atoms. The molecule has 1 saturated heterocycles. The Morgan fingerprint density at radius 1 is 1.28 bits per heavy atom. The second-order valence-corrected chi connectivity index (χ2v) is 6.83. The zero-order chi connectivity index (χ0) is 18.1. The van der Waals surface area contributed by atoms with Gasteiger partial charge >= 0.3 is 0 Å². The van der Waals surface area contributed by atoms with E-state index in [1.807, 2.05) is 7.05 Å². The minimum atomic E-state index is 0.706. The van der Waals surface area contributed by atoms with Gasteiger partial charge in [-0.25, -0.2) is 0 Å². The van der Waals surface area contributed by atoms with Crippen molar-refractivity contribution >= 4 is 5.96 Å². The van der Waals surface area contributed by atoms with E-state index in [4.69, 9.17) is 4.74 Å². The number of likely N-dealkylation sites (tertiary alicyclic amines) is 1. The van der Waals surface area contributed by atoms with Gasteiger partial charge in [-0.15, -0.1) is 0 Å². The maximum absolute atomic E-state index is 5.47. The zero-order valence-electron chi connectivity index (χ0n) is 16.3. The number of piperidine rings is 1. The first kappa shape index (κ1) is 19.6. The van der Waals surface area contributed by atoms with Crippen molar-refractivity contribution < 1.29 is 4.74 Å². The van der Waals surface area contributed by atoms with Crippen LogP contribution in [0.25, 0.3) is 0 Å². The molecule has 2 N–H and O–H groups in total. The standard InChI is InChI=1S/C20H34N4O/c1-5-24-12-9-17(10-13-24)8-11-22-20(21-3)23-15-18-7-6-16(2)14-19(18)25-4/h6-7,14,17H,5,8-13,15H2,1-4H3,(H2,21,22,23). The monoisotopic (exact) mass is 346 g/mol. The maximum atomic E-state index is 5.47. The van der Waals surface area contributed by atoms with Crippen LogP contribution in [0, 0.1) is 12.8 Å². The van der Waals surface area contributed by atoms with Crippen LogP contribution in [0.15, 0.2) is 23.2 Å². The summed E-state index contributed by atoms with van der Waals surface area (Å²) in [6.45, 7) is 9.69. The van der Waals surface area contributed by atoms with Crippen LogP contribution in [0.2, 0.25) is 0 Å². The quantitative estimate of drug-likeness (QED) is 0.589. The molecule has 1 heterocycles. The van der Waals surface area contributed by atoms with Crippen LogP contribution in [0.5, 0.6) is 5.75 Å². The lowest BCUT2D eigenvalue weighted by molar-refractivity contribution is 0.187. The summed E-state index contributed by atoms with van der Waals surface area (Å²) in [7, 11) is 3.54. The minimum absolute atomic E-state index is 0.706. The van der Waals surface area contributed by atoms with E-state index in [2.05, 4.69) is 52.6 Å². The smallest absolute Gasteiger partial charge is 0.191 e. The van der Waals surface area contributed by atoms with Gasteiger partial charge in [0, 0.05) is 25.7 Å². The highest BCUT2D eigenvalue weighted by Crippen LogP contribution is 2.20. The van der Waals surface area contributed by atoms with Crippen LogP contribution in [0.4, 0.5) is 0 Å². The van der Waals surface area contributed by atoms with Crippen molar-refractivity contribution in [2.45, 2.75) is 39.7 Å². The van der Waals surface area contributed by atoms with Gasteiger partial charge in [0.05, 0.1) is 7.11 Å². The van der Waals surface area contributed by atoms with Gasteiger partial charge in [-0.3, -0.25) is 4.99 Å². The SMILES string of the molecule is CCN1CCC(CCNC(=NC)NCc2ccc(C)cc2OC)CC1. The predicted molar refractivity (Wildman–Crippen MR) is 105 cm³/mol. The van der Waals surface area contributed by atoms with E-state index in [1.165, 1.54) is 44.5 Å². The number of nitrogens with zero attached hydrogens (tertiary/aromatic N) is 2. The average Bonchev–Trinajstić information content (AvgIpc) is 2.65. The number of rotatable bonds is 7. The number of nitrogens with one attached hydrogen (secondary N) is 2. The van der Waals surface area contributed by atoms with Gasteiger partial charge in [0.15, 0.2) is 5.96 Å². The van der Waals surface area contributed by atoms with Crippen molar-refractivity contribution in [2.75, 3.05) is 40.3 Å². The number of hydrogen-bond acceptors (Lipinski definition) is 3. The summed E-state index contributed by atoms with van der Waals surface area (Å²) >= 11 is 0. The summed E-state index contributed by atoms with van der Waals surface area (Å²) in [6.07, 6.45) is 3.86. The van der Waals surface area contributed by atoms with E-state index < -0.39 is 0 Å². The summed E-state index contributed by atoms with van der Waals surface area (Å²) in [6, 6.07) is 6.28. The Labute approximate surface area is 152 Å². The second-order valence-electron chi connectivity index (χ2n) is 6.83. The highest BCUT2D eigenvalue weighted by Gasteiger charge is 2.17. The van der Waals surface area contributed by atoms with Crippen LogP contribution in [-0.4, -0.2) is 51.2 Å². The Balaban J connectivity index is 1.72. The molecule has 0 unspecified atom stereocenters.